The molecule has 8 heteroatoms. The predicted molar refractivity (Wildman–Crippen MR) is 95.0 cm³/mol. The molecule has 2 aromatic heterocycles. The molecule has 1 fully saturated rings. The average Bonchev–Trinajstić information content (AvgIpc) is 2.64. The van der Waals surface area contributed by atoms with Crippen molar-refractivity contribution in [3.05, 3.63) is 45.8 Å². The van der Waals surface area contributed by atoms with Crippen LogP contribution in [0.4, 0.5) is 0 Å². The van der Waals surface area contributed by atoms with Gasteiger partial charge in [-0.1, -0.05) is 0 Å². The Bertz CT molecular complexity index is 847. The average molecular weight is 357 g/mol. The Kier molecular flexibility index (Phi) is 5.29. The van der Waals surface area contributed by atoms with Crippen LogP contribution in [0, 0.1) is 20.8 Å². The number of aryl methyl sites for hydroxylation is 2. The second-order valence-electron chi connectivity index (χ2n) is 6.62. The third-order valence-electron chi connectivity index (χ3n) is 4.61. The van der Waals surface area contributed by atoms with Crippen LogP contribution in [0.5, 0.6) is 5.88 Å². The molecule has 8 nitrogen and oxygen atoms in total. The summed E-state index contributed by atoms with van der Waals surface area (Å²) in [6, 6.07) is 3.62. The van der Waals surface area contributed by atoms with Crippen LogP contribution in [0.3, 0.4) is 0 Å². The van der Waals surface area contributed by atoms with E-state index in [0.29, 0.717) is 30.2 Å². The zero-order valence-corrected chi connectivity index (χ0v) is 15.3. The van der Waals surface area contributed by atoms with E-state index in [0.717, 1.165) is 18.5 Å². The highest BCUT2D eigenvalue weighted by atomic mass is 16.5. The first-order valence-electron chi connectivity index (χ1n) is 8.71. The fourth-order valence-corrected chi connectivity index (χ4v) is 2.92. The van der Waals surface area contributed by atoms with Gasteiger partial charge in [0, 0.05) is 23.9 Å². The van der Waals surface area contributed by atoms with E-state index in [1.165, 1.54) is 10.9 Å². The van der Waals surface area contributed by atoms with Crippen molar-refractivity contribution in [3.63, 3.8) is 0 Å². The molecule has 0 aromatic carbocycles. The Morgan fingerprint density at radius 3 is 2.81 bits per heavy atom. The molecule has 1 aliphatic rings. The molecular formula is C18H23N5O3. The van der Waals surface area contributed by atoms with Crippen molar-refractivity contribution in [2.45, 2.75) is 46.3 Å². The number of carbonyl (C=O) groups excluding carboxylic acids is 1. The SMILES string of the molecule is Cc1ccc(O[C@@H]2CCCN(C(=O)Cn3cnc(C)c(C)c3=O)C2)nn1. The highest BCUT2D eigenvalue weighted by molar-refractivity contribution is 5.76. The van der Waals surface area contributed by atoms with Gasteiger partial charge in [-0.2, -0.15) is 5.10 Å². The van der Waals surface area contributed by atoms with Gasteiger partial charge in [-0.3, -0.25) is 14.2 Å². The summed E-state index contributed by atoms with van der Waals surface area (Å²) in [6.45, 7) is 6.49. The lowest BCUT2D eigenvalue weighted by atomic mass is 10.1. The zero-order chi connectivity index (χ0) is 18.7. The highest BCUT2D eigenvalue weighted by Gasteiger charge is 2.25. The van der Waals surface area contributed by atoms with Gasteiger partial charge in [0.2, 0.25) is 11.8 Å². The van der Waals surface area contributed by atoms with Crippen LogP contribution in [0.1, 0.15) is 29.8 Å². The molecule has 2 aromatic rings. The second kappa shape index (κ2) is 7.63. The molecule has 1 atom stereocenters. The molecule has 0 saturated carbocycles. The van der Waals surface area contributed by atoms with Crippen LogP contribution in [-0.2, 0) is 11.3 Å². The monoisotopic (exact) mass is 357 g/mol. The van der Waals surface area contributed by atoms with E-state index in [-0.39, 0.29) is 24.1 Å². The summed E-state index contributed by atoms with van der Waals surface area (Å²) in [5, 5.41) is 7.99. The van der Waals surface area contributed by atoms with E-state index >= 15 is 0 Å². The third kappa shape index (κ3) is 4.07. The van der Waals surface area contributed by atoms with Crippen LogP contribution < -0.4 is 10.3 Å². The molecule has 0 bridgehead atoms. The number of hydrogen-bond acceptors (Lipinski definition) is 6. The van der Waals surface area contributed by atoms with Gasteiger partial charge in [0.05, 0.1) is 18.6 Å². The molecule has 0 aliphatic carbocycles. The normalized spacial score (nSPS) is 17.2. The van der Waals surface area contributed by atoms with Crippen LogP contribution in [-0.4, -0.2) is 49.7 Å². The Morgan fingerprint density at radius 2 is 2.08 bits per heavy atom. The van der Waals surface area contributed by atoms with Crippen molar-refractivity contribution < 1.29 is 9.53 Å². The fraction of sp³-hybridized carbons (Fsp3) is 0.500. The molecule has 0 radical (unpaired) electrons. The smallest absolute Gasteiger partial charge is 0.256 e. The Morgan fingerprint density at radius 1 is 1.27 bits per heavy atom. The van der Waals surface area contributed by atoms with E-state index in [2.05, 4.69) is 15.2 Å². The van der Waals surface area contributed by atoms with Crippen molar-refractivity contribution in [1.29, 1.82) is 0 Å². The minimum Gasteiger partial charge on any atom is -0.471 e. The number of likely N-dealkylation sites (tertiary alicyclic amines) is 1. The van der Waals surface area contributed by atoms with Crippen LogP contribution in [0.15, 0.2) is 23.3 Å². The van der Waals surface area contributed by atoms with Crippen LogP contribution >= 0.6 is 0 Å². The number of ether oxygens (including phenoxy) is 1. The summed E-state index contributed by atoms with van der Waals surface area (Å²) >= 11 is 0. The Balaban J connectivity index is 1.63. The van der Waals surface area contributed by atoms with Crippen molar-refractivity contribution >= 4 is 5.91 Å². The lowest BCUT2D eigenvalue weighted by Crippen LogP contribution is -2.46. The lowest BCUT2D eigenvalue weighted by molar-refractivity contribution is -0.134. The van der Waals surface area contributed by atoms with E-state index in [1.807, 2.05) is 13.0 Å². The summed E-state index contributed by atoms with van der Waals surface area (Å²) in [5.74, 6) is 0.352. The maximum absolute atomic E-state index is 12.6. The van der Waals surface area contributed by atoms with Crippen molar-refractivity contribution in [2.24, 2.45) is 0 Å². The molecular weight excluding hydrogens is 334 g/mol. The highest BCUT2D eigenvalue weighted by Crippen LogP contribution is 2.16. The molecule has 0 unspecified atom stereocenters. The molecule has 0 N–H and O–H groups in total. The number of hydrogen-bond donors (Lipinski definition) is 0. The first-order valence-corrected chi connectivity index (χ1v) is 8.71. The topological polar surface area (TPSA) is 90.2 Å². The van der Waals surface area contributed by atoms with Crippen LogP contribution in [0.2, 0.25) is 0 Å². The summed E-state index contributed by atoms with van der Waals surface area (Å²) in [4.78, 5) is 30.8. The van der Waals surface area contributed by atoms with Gasteiger partial charge < -0.3 is 9.64 Å². The number of piperidine rings is 1. The maximum Gasteiger partial charge on any atom is 0.256 e. The van der Waals surface area contributed by atoms with E-state index < -0.39 is 0 Å². The molecule has 3 rings (SSSR count). The fourth-order valence-electron chi connectivity index (χ4n) is 2.92. The molecule has 1 amide bonds. The molecule has 1 saturated heterocycles. The molecule has 0 spiro atoms. The Hall–Kier alpha value is -2.77. The molecule has 26 heavy (non-hydrogen) atoms. The van der Waals surface area contributed by atoms with Gasteiger partial charge in [0.15, 0.2) is 0 Å². The van der Waals surface area contributed by atoms with Gasteiger partial charge in [0.1, 0.15) is 12.6 Å². The zero-order valence-electron chi connectivity index (χ0n) is 15.3. The first-order chi connectivity index (χ1) is 12.4. The molecule has 138 valence electrons. The molecule has 3 heterocycles. The Labute approximate surface area is 151 Å². The van der Waals surface area contributed by atoms with Gasteiger partial charge >= 0.3 is 0 Å². The second-order valence-corrected chi connectivity index (χ2v) is 6.62. The summed E-state index contributed by atoms with van der Waals surface area (Å²) in [7, 11) is 0. The van der Waals surface area contributed by atoms with Crippen molar-refractivity contribution in [3.8, 4) is 5.88 Å². The van der Waals surface area contributed by atoms with E-state index in [9.17, 15) is 9.59 Å². The van der Waals surface area contributed by atoms with Crippen LogP contribution in [0.25, 0.3) is 0 Å². The minimum atomic E-state index is -0.175. The van der Waals surface area contributed by atoms with E-state index in [4.69, 9.17) is 4.74 Å². The van der Waals surface area contributed by atoms with Gasteiger partial charge in [-0.05, 0) is 39.7 Å². The number of rotatable bonds is 4. The van der Waals surface area contributed by atoms with E-state index in [1.54, 1.807) is 24.8 Å². The third-order valence-corrected chi connectivity index (χ3v) is 4.61. The van der Waals surface area contributed by atoms with Gasteiger partial charge in [-0.15, -0.1) is 5.10 Å². The number of carbonyl (C=O) groups is 1. The van der Waals surface area contributed by atoms with Crippen molar-refractivity contribution in [1.82, 2.24) is 24.6 Å². The number of nitrogens with zero attached hydrogens (tertiary/aromatic N) is 5. The molecule has 1 aliphatic heterocycles. The minimum absolute atomic E-state index is 0.00991. The first kappa shape index (κ1) is 18.0. The lowest BCUT2D eigenvalue weighted by Gasteiger charge is -2.32. The summed E-state index contributed by atoms with van der Waals surface area (Å²) in [5.41, 5.74) is 1.90. The predicted octanol–water partition coefficient (Wildman–Crippen LogP) is 1.03. The van der Waals surface area contributed by atoms with Gasteiger partial charge in [0.25, 0.3) is 5.56 Å². The summed E-state index contributed by atoms with van der Waals surface area (Å²) in [6.07, 6.45) is 3.00. The number of amides is 1. The maximum atomic E-state index is 12.6. The summed E-state index contributed by atoms with van der Waals surface area (Å²) < 4.78 is 7.21. The quantitative estimate of drug-likeness (QED) is 0.812. The standard InChI is InChI=1S/C18H23N5O3/c1-12-6-7-16(21-20-12)26-15-5-4-8-22(9-15)17(24)10-23-11-19-14(3)13(2)18(23)25/h6-7,11,15H,4-5,8-10H2,1-3H3/t15-/m1/s1. The number of aromatic nitrogens is 4. The largest absolute Gasteiger partial charge is 0.471 e. The van der Waals surface area contributed by atoms with Crippen molar-refractivity contribution in [2.75, 3.05) is 13.1 Å². The van der Waals surface area contributed by atoms with Gasteiger partial charge in [-0.25, -0.2) is 4.98 Å².